The van der Waals surface area contributed by atoms with Crippen molar-refractivity contribution in [1.82, 2.24) is 5.32 Å². The van der Waals surface area contributed by atoms with Gasteiger partial charge in [-0.1, -0.05) is 38.0 Å². The van der Waals surface area contributed by atoms with Crippen molar-refractivity contribution in [3.63, 3.8) is 0 Å². The zero-order valence-corrected chi connectivity index (χ0v) is 13.8. The van der Waals surface area contributed by atoms with E-state index in [1.54, 1.807) is 11.8 Å². The van der Waals surface area contributed by atoms with Gasteiger partial charge < -0.3 is 11.1 Å². The molecule has 0 heterocycles. The monoisotopic (exact) mass is 308 g/mol. The third-order valence-electron chi connectivity index (χ3n) is 3.49. The number of amides is 1. The molecular formula is C17H28N2OS. The van der Waals surface area contributed by atoms with Gasteiger partial charge in [-0.15, -0.1) is 11.8 Å². The molecule has 1 rings (SSSR count). The van der Waals surface area contributed by atoms with Crippen molar-refractivity contribution < 1.29 is 4.79 Å². The van der Waals surface area contributed by atoms with E-state index in [1.807, 2.05) is 18.2 Å². The van der Waals surface area contributed by atoms with E-state index in [-0.39, 0.29) is 5.91 Å². The van der Waals surface area contributed by atoms with Gasteiger partial charge >= 0.3 is 0 Å². The second kappa shape index (κ2) is 11.6. The highest BCUT2D eigenvalue weighted by Gasteiger charge is 2.09. The molecule has 0 spiro atoms. The minimum atomic E-state index is 0.168. The molecule has 1 aromatic carbocycles. The zero-order valence-electron chi connectivity index (χ0n) is 13.0. The number of carbonyl (C=O) groups excluding carboxylic acids is 1. The topological polar surface area (TPSA) is 55.1 Å². The van der Waals surface area contributed by atoms with E-state index in [9.17, 15) is 4.79 Å². The lowest BCUT2D eigenvalue weighted by Gasteiger charge is -2.14. The van der Waals surface area contributed by atoms with Gasteiger partial charge in [0.2, 0.25) is 5.91 Å². The highest BCUT2D eigenvalue weighted by molar-refractivity contribution is 7.99. The molecule has 0 aliphatic carbocycles. The summed E-state index contributed by atoms with van der Waals surface area (Å²) in [5, 5.41) is 3.00. The van der Waals surface area contributed by atoms with Gasteiger partial charge in [-0.3, -0.25) is 4.79 Å². The first-order chi connectivity index (χ1) is 10.3. The summed E-state index contributed by atoms with van der Waals surface area (Å²) >= 11 is 1.77. The van der Waals surface area contributed by atoms with Crippen LogP contribution in [0, 0.1) is 5.92 Å². The first-order valence-corrected chi connectivity index (χ1v) is 8.89. The first kappa shape index (κ1) is 18.1. The molecule has 0 aliphatic rings. The second-order valence-corrected chi connectivity index (χ2v) is 6.45. The van der Waals surface area contributed by atoms with Crippen LogP contribution >= 0.6 is 11.8 Å². The van der Waals surface area contributed by atoms with Crippen molar-refractivity contribution in [3.8, 4) is 0 Å². The zero-order chi connectivity index (χ0) is 15.3. The van der Waals surface area contributed by atoms with Crippen LogP contribution in [0.5, 0.6) is 0 Å². The number of benzene rings is 1. The number of nitrogens with two attached hydrogens (primary N) is 1. The van der Waals surface area contributed by atoms with Crippen LogP contribution in [-0.4, -0.2) is 24.7 Å². The quantitative estimate of drug-likeness (QED) is 0.486. The second-order valence-electron chi connectivity index (χ2n) is 5.28. The number of hydrogen-bond acceptors (Lipinski definition) is 3. The maximum absolute atomic E-state index is 11.8. The lowest BCUT2D eigenvalue weighted by molar-refractivity contribution is -0.121. The fourth-order valence-electron chi connectivity index (χ4n) is 2.38. The molecule has 21 heavy (non-hydrogen) atoms. The Hall–Kier alpha value is -1.00. The van der Waals surface area contributed by atoms with Gasteiger partial charge in [0.15, 0.2) is 0 Å². The van der Waals surface area contributed by atoms with E-state index in [4.69, 9.17) is 5.73 Å². The highest BCUT2D eigenvalue weighted by atomic mass is 32.2. The van der Waals surface area contributed by atoms with Gasteiger partial charge in [0.05, 0.1) is 0 Å². The van der Waals surface area contributed by atoms with Gasteiger partial charge in [0.25, 0.3) is 0 Å². The van der Waals surface area contributed by atoms with Crippen molar-refractivity contribution in [3.05, 3.63) is 30.3 Å². The normalized spacial score (nSPS) is 12.1. The van der Waals surface area contributed by atoms with E-state index < -0.39 is 0 Å². The fourth-order valence-corrected chi connectivity index (χ4v) is 3.17. The SMILES string of the molecule is CCCC(CCN)CCC(=O)NCCSc1ccccc1. The van der Waals surface area contributed by atoms with Crippen LogP contribution in [0.3, 0.4) is 0 Å². The average Bonchev–Trinajstić information content (AvgIpc) is 2.51. The van der Waals surface area contributed by atoms with E-state index in [0.29, 0.717) is 12.3 Å². The molecule has 0 aromatic heterocycles. The van der Waals surface area contributed by atoms with Crippen LogP contribution in [0.1, 0.15) is 39.0 Å². The van der Waals surface area contributed by atoms with Crippen LogP contribution in [0.4, 0.5) is 0 Å². The Morgan fingerprint density at radius 2 is 2.00 bits per heavy atom. The Morgan fingerprint density at radius 3 is 2.67 bits per heavy atom. The maximum atomic E-state index is 11.8. The third kappa shape index (κ3) is 8.79. The molecule has 0 bridgehead atoms. The van der Waals surface area contributed by atoms with Gasteiger partial charge in [0, 0.05) is 23.6 Å². The van der Waals surface area contributed by atoms with Crippen molar-refractivity contribution >= 4 is 17.7 Å². The van der Waals surface area contributed by atoms with Crippen LogP contribution in [0.2, 0.25) is 0 Å². The number of carbonyl (C=O) groups is 1. The molecule has 3 nitrogen and oxygen atoms in total. The predicted molar refractivity (Wildman–Crippen MR) is 91.5 cm³/mol. The average molecular weight is 308 g/mol. The minimum Gasteiger partial charge on any atom is -0.355 e. The van der Waals surface area contributed by atoms with Crippen LogP contribution in [0.25, 0.3) is 0 Å². The summed E-state index contributed by atoms with van der Waals surface area (Å²) in [5.41, 5.74) is 5.62. The molecule has 4 heteroatoms. The van der Waals surface area contributed by atoms with Crippen LogP contribution < -0.4 is 11.1 Å². The Labute approximate surface area is 133 Å². The molecule has 1 atom stereocenters. The molecule has 0 saturated carbocycles. The summed E-state index contributed by atoms with van der Waals surface area (Å²) in [6, 6.07) is 10.3. The van der Waals surface area contributed by atoms with Crippen molar-refractivity contribution in [2.45, 2.75) is 43.9 Å². The summed E-state index contributed by atoms with van der Waals surface area (Å²) in [6.07, 6.45) is 4.96. The molecule has 0 aliphatic heterocycles. The molecular weight excluding hydrogens is 280 g/mol. The maximum Gasteiger partial charge on any atom is 0.220 e. The predicted octanol–water partition coefficient (Wildman–Crippen LogP) is 3.44. The van der Waals surface area contributed by atoms with E-state index >= 15 is 0 Å². The summed E-state index contributed by atoms with van der Waals surface area (Å²) in [4.78, 5) is 13.1. The molecule has 0 fully saturated rings. The molecule has 1 amide bonds. The highest BCUT2D eigenvalue weighted by Crippen LogP contribution is 2.17. The van der Waals surface area contributed by atoms with Gasteiger partial charge in [-0.05, 0) is 37.4 Å². The minimum absolute atomic E-state index is 0.168. The Morgan fingerprint density at radius 1 is 1.24 bits per heavy atom. The Kier molecular flexibility index (Phi) is 10.0. The van der Waals surface area contributed by atoms with Crippen molar-refractivity contribution in [2.75, 3.05) is 18.8 Å². The molecule has 1 unspecified atom stereocenters. The molecule has 3 N–H and O–H groups in total. The Bertz CT molecular complexity index is 378. The summed E-state index contributed by atoms with van der Waals surface area (Å²) in [6.45, 7) is 3.64. The summed E-state index contributed by atoms with van der Waals surface area (Å²) in [7, 11) is 0. The lowest BCUT2D eigenvalue weighted by atomic mass is 9.94. The van der Waals surface area contributed by atoms with Crippen molar-refractivity contribution in [1.29, 1.82) is 0 Å². The largest absolute Gasteiger partial charge is 0.355 e. The van der Waals surface area contributed by atoms with Crippen LogP contribution in [-0.2, 0) is 4.79 Å². The van der Waals surface area contributed by atoms with Gasteiger partial charge in [-0.2, -0.15) is 0 Å². The van der Waals surface area contributed by atoms with Gasteiger partial charge in [0.1, 0.15) is 0 Å². The summed E-state index contributed by atoms with van der Waals surface area (Å²) in [5.74, 6) is 1.68. The first-order valence-electron chi connectivity index (χ1n) is 7.90. The van der Waals surface area contributed by atoms with Crippen molar-refractivity contribution in [2.24, 2.45) is 11.7 Å². The Balaban J connectivity index is 2.10. The number of hydrogen-bond donors (Lipinski definition) is 2. The van der Waals surface area contributed by atoms with E-state index in [0.717, 1.165) is 31.7 Å². The molecule has 118 valence electrons. The third-order valence-corrected chi connectivity index (χ3v) is 4.50. The molecule has 1 aromatic rings. The molecule has 0 radical (unpaired) electrons. The van der Waals surface area contributed by atoms with Gasteiger partial charge in [-0.25, -0.2) is 0 Å². The van der Waals surface area contributed by atoms with E-state index in [1.165, 1.54) is 17.7 Å². The molecule has 0 saturated heterocycles. The summed E-state index contributed by atoms with van der Waals surface area (Å²) < 4.78 is 0. The fraction of sp³-hybridized carbons (Fsp3) is 0.588. The number of rotatable bonds is 11. The standard InChI is InChI=1S/C17H28N2OS/c1-2-6-15(11-12-18)9-10-17(20)19-13-14-21-16-7-4-3-5-8-16/h3-5,7-8,15H,2,6,9-14,18H2,1H3,(H,19,20). The smallest absolute Gasteiger partial charge is 0.220 e. The number of nitrogens with one attached hydrogen (secondary N) is 1. The van der Waals surface area contributed by atoms with E-state index in [2.05, 4.69) is 24.4 Å². The van der Waals surface area contributed by atoms with Crippen LogP contribution in [0.15, 0.2) is 35.2 Å². The lowest BCUT2D eigenvalue weighted by Crippen LogP contribution is -2.26. The number of thioether (sulfide) groups is 1.